The molecule has 0 saturated heterocycles. The SMILES string of the molecule is C=CCn1c(SCc2csc(-c3ccc(C)cc3)n2)nnc1-c1ccc(OC(F)F)cc1. The molecule has 32 heavy (non-hydrogen) atoms. The number of thiazole rings is 1. The summed E-state index contributed by atoms with van der Waals surface area (Å²) in [4.78, 5) is 4.74. The topological polar surface area (TPSA) is 52.8 Å². The molecule has 0 radical (unpaired) electrons. The summed E-state index contributed by atoms with van der Waals surface area (Å²) in [6.45, 7) is 3.55. The molecule has 2 aromatic heterocycles. The van der Waals surface area contributed by atoms with E-state index < -0.39 is 6.61 Å². The fourth-order valence-corrected chi connectivity index (χ4v) is 4.80. The highest BCUT2D eigenvalue weighted by molar-refractivity contribution is 7.98. The Labute approximate surface area is 192 Å². The van der Waals surface area contributed by atoms with Gasteiger partial charge in [0.2, 0.25) is 0 Å². The lowest BCUT2D eigenvalue weighted by atomic mass is 10.2. The maximum Gasteiger partial charge on any atom is 0.387 e. The predicted octanol–water partition coefficient (Wildman–Crippen LogP) is 6.46. The molecule has 2 heterocycles. The quantitative estimate of drug-likeness (QED) is 0.208. The maximum absolute atomic E-state index is 12.4. The molecule has 0 saturated carbocycles. The molecule has 0 fully saturated rings. The number of hydrogen-bond donors (Lipinski definition) is 0. The zero-order valence-corrected chi connectivity index (χ0v) is 18.9. The van der Waals surface area contributed by atoms with Crippen molar-refractivity contribution in [2.75, 3.05) is 0 Å². The average molecular weight is 471 g/mol. The van der Waals surface area contributed by atoms with E-state index in [1.54, 1.807) is 41.3 Å². The zero-order chi connectivity index (χ0) is 22.5. The van der Waals surface area contributed by atoms with Crippen molar-refractivity contribution in [2.45, 2.75) is 31.0 Å². The predicted molar refractivity (Wildman–Crippen MR) is 124 cm³/mol. The highest BCUT2D eigenvalue weighted by Crippen LogP contribution is 2.30. The molecular weight excluding hydrogens is 450 g/mol. The van der Waals surface area contributed by atoms with Crippen LogP contribution in [0.25, 0.3) is 22.0 Å². The van der Waals surface area contributed by atoms with Crippen molar-refractivity contribution >= 4 is 23.1 Å². The Balaban J connectivity index is 1.49. The van der Waals surface area contributed by atoms with Crippen molar-refractivity contribution < 1.29 is 13.5 Å². The van der Waals surface area contributed by atoms with Crippen LogP contribution in [0.15, 0.2) is 71.7 Å². The molecule has 0 unspecified atom stereocenters. The second-order valence-corrected chi connectivity index (χ2v) is 8.71. The number of ether oxygens (including phenoxy) is 1. The van der Waals surface area contributed by atoms with Crippen LogP contribution in [-0.4, -0.2) is 26.4 Å². The monoisotopic (exact) mass is 470 g/mol. The molecular formula is C23H20F2N4OS2. The normalized spacial score (nSPS) is 11.1. The maximum atomic E-state index is 12.4. The van der Waals surface area contributed by atoms with E-state index in [0.717, 1.165) is 27.0 Å². The van der Waals surface area contributed by atoms with Gasteiger partial charge < -0.3 is 4.74 Å². The van der Waals surface area contributed by atoms with Crippen LogP contribution in [0.3, 0.4) is 0 Å². The molecule has 0 aliphatic carbocycles. The molecule has 4 aromatic rings. The minimum atomic E-state index is -2.86. The summed E-state index contributed by atoms with van der Waals surface area (Å²) in [6, 6.07) is 14.7. The number of nitrogens with zero attached hydrogens (tertiary/aromatic N) is 4. The average Bonchev–Trinajstić information content (AvgIpc) is 3.41. The van der Waals surface area contributed by atoms with Crippen LogP contribution in [0, 0.1) is 6.92 Å². The Morgan fingerprint density at radius 2 is 1.81 bits per heavy atom. The van der Waals surface area contributed by atoms with Gasteiger partial charge in [-0.15, -0.1) is 28.1 Å². The summed E-state index contributed by atoms with van der Waals surface area (Å²) >= 11 is 3.16. The first-order valence-electron chi connectivity index (χ1n) is 9.77. The first kappa shape index (κ1) is 22.2. The van der Waals surface area contributed by atoms with E-state index in [-0.39, 0.29) is 5.75 Å². The second-order valence-electron chi connectivity index (χ2n) is 6.91. The van der Waals surface area contributed by atoms with Gasteiger partial charge in [0.1, 0.15) is 10.8 Å². The molecule has 9 heteroatoms. The lowest BCUT2D eigenvalue weighted by molar-refractivity contribution is -0.0498. The Hall–Kier alpha value is -3.04. The number of rotatable bonds is 9. The van der Waals surface area contributed by atoms with Crippen LogP contribution in [-0.2, 0) is 12.3 Å². The van der Waals surface area contributed by atoms with Gasteiger partial charge in [0.05, 0.1) is 5.69 Å². The fraction of sp³-hybridized carbons (Fsp3) is 0.174. The highest BCUT2D eigenvalue weighted by Gasteiger charge is 2.15. The van der Waals surface area contributed by atoms with E-state index in [2.05, 4.69) is 58.1 Å². The van der Waals surface area contributed by atoms with Gasteiger partial charge in [-0.25, -0.2) is 4.98 Å². The number of allylic oxidation sites excluding steroid dienone is 1. The Morgan fingerprint density at radius 1 is 1.09 bits per heavy atom. The molecule has 0 bridgehead atoms. The lowest BCUT2D eigenvalue weighted by Crippen LogP contribution is -2.02. The van der Waals surface area contributed by atoms with Crippen LogP contribution in [0.4, 0.5) is 8.78 Å². The largest absolute Gasteiger partial charge is 0.435 e. The van der Waals surface area contributed by atoms with Crippen LogP contribution in [0.1, 0.15) is 11.3 Å². The third kappa shape index (κ3) is 5.23. The van der Waals surface area contributed by atoms with E-state index >= 15 is 0 Å². The molecule has 0 spiro atoms. The van der Waals surface area contributed by atoms with E-state index in [4.69, 9.17) is 4.98 Å². The molecule has 0 atom stereocenters. The van der Waals surface area contributed by atoms with E-state index in [1.165, 1.54) is 17.7 Å². The molecule has 5 nitrogen and oxygen atoms in total. The summed E-state index contributed by atoms with van der Waals surface area (Å²) in [7, 11) is 0. The number of hydrogen-bond acceptors (Lipinski definition) is 6. The number of halogens is 2. The van der Waals surface area contributed by atoms with Crippen LogP contribution < -0.4 is 4.74 Å². The summed E-state index contributed by atoms with van der Waals surface area (Å²) < 4.78 is 31.1. The second kappa shape index (κ2) is 10.1. The number of alkyl halides is 2. The first-order chi connectivity index (χ1) is 15.5. The molecule has 0 N–H and O–H groups in total. The van der Waals surface area contributed by atoms with Gasteiger partial charge in [0.25, 0.3) is 0 Å². The van der Waals surface area contributed by atoms with Gasteiger partial charge in [-0.3, -0.25) is 4.57 Å². The smallest absolute Gasteiger partial charge is 0.387 e. The molecule has 2 aromatic carbocycles. The number of aryl methyl sites for hydroxylation is 1. The fourth-order valence-electron chi connectivity index (χ4n) is 3.03. The third-order valence-corrected chi connectivity index (χ3v) is 6.51. The van der Waals surface area contributed by atoms with Gasteiger partial charge in [-0.05, 0) is 31.2 Å². The first-order valence-corrected chi connectivity index (χ1v) is 11.6. The lowest BCUT2D eigenvalue weighted by Gasteiger charge is -2.08. The highest BCUT2D eigenvalue weighted by atomic mass is 32.2. The van der Waals surface area contributed by atoms with Crippen LogP contribution in [0.2, 0.25) is 0 Å². The van der Waals surface area contributed by atoms with Crippen molar-refractivity contribution in [3.63, 3.8) is 0 Å². The third-order valence-electron chi connectivity index (χ3n) is 4.57. The molecule has 164 valence electrons. The van der Waals surface area contributed by atoms with Crippen molar-refractivity contribution in [3.8, 4) is 27.7 Å². The van der Waals surface area contributed by atoms with Crippen molar-refractivity contribution in [1.82, 2.24) is 19.7 Å². The Kier molecular flexibility index (Phi) is 6.96. The summed E-state index contributed by atoms with van der Waals surface area (Å²) in [5, 5.41) is 12.4. The van der Waals surface area contributed by atoms with Crippen LogP contribution in [0.5, 0.6) is 5.75 Å². The number of benzene rings is 2. The molecule has 0 aliphatic rings. The molecule has 4 rings (SSSR count). The van der Waals surface area contributed by atoms with Gasteiger partial charge in [0.15, 0.2) is 11.0 Å². The van der Waals surface area contributed by atoms with Gasteiger partial charge in [-0.2, -0.15) is 8.78 Å². The zero-order valence-electron chi connectivity index (χ0n) is 17.2. The Morgan fingerprint density at radius 3 is 2.50 bits per heavy atom. The summed E-state index contributed by atoms with van der Waals surface area (Å²) in [5.41, 5.74) is 4.05. The molecule has 0 aliphatic heterocycles. The summed E-state index contributed by atoms with van der Waals surface area (Å²) in [6.07, 6.45) is 1.77. The van der Waals surface area contributed by atoms with E-state index in [9.17, 15) is 8.78 Å². The van der Waals surface area contributed by atoms with Crippen molar-refractivity contribution in [1.29, 1.82) is 0 Å². The van der Waals surface area contributed by atoms with Gasteiger partial charge >= 0.3 is 6.61 Å². The minimum absolute atomic E-state index is 0.0982. The van der Waals surface area contributed by atoms with E-state index in [0.29, 0.717) is 18.1 Å². The van der Waals surface area contributed by atoms with Crippen molar-refractivity contribution in [2.24, 2.45) is 0 Å². The van der Waals surface area contributed by atoms with Crippen molar-refractivity contribution in [3.05, 3.63) is 77.8 Å². The number of thioether (sulfide) groups is 1. The standard InChI is InChI=1S/C23H20F2N4OS2/c1-3-12-29-20(16-8-10-19(11-9-16)30-22(24)25)27-28-23(29)32-14-18-13-31-21(26-18)17-6-4-15(2)5-7-17/h3-11,13,22H,1,12,14H2,2H3. The van der Waals surface area contributed by atoms with Crippen LogP contribution >= 0.6 is 23.1 Å². The van der Waals surface area contributed by atoms with E-state index in [1.807, 2.05) is 4.57 Å². The van der Waals surface area contributed by atoms with Gasteiger partial charge in [0, 0.05) is 28.8 Å². The minimum Gasteiger partial charge on any atom is -0.435 e. The number of aromatic nitrogens is 4. The van der Waals surface area contributed by atoms with Gasteiger partial charge in [-0.1, -0.05) is 47.7 Å². The molecule has 0 amide bonds. The Bertz CT molecular complexity index is 1190. The summed E-state index contributed by atoms with van der Waals surface area (Å²) in [5.74, 6) is 1.38.